The van der Waals surface area contributed by atoms with Gasteiger partial charge in [-0.2, -0.15) is 0 Å². The number of carbonyl (C=O) groups is 2. The molecule has 0 N–H and O–H groups in total. The van der Waals surface area contributed by atoms with E-state index in [4.69, 9.17) is 16.0 Å². The van der Waals surface area contributed by atoms with E-state index in [2.05, 4.69) is 4.85 Å². The van der Waals surface area contributed by atoms with Crippen LogP contribution in [0.1, 0.15) is 48.0 Å². The van der Waals surface area contributed by atoms with Gasteiger partial charge >= 0.3 is 18.0 Å². The predicted octanol–water partition coefficient (Wildman–Crippen LogP) is 2.35. The molecule has 0 aromatic rings. The molecule has 0 spiro atoms. The third kappa shape index (κ3) is 7.66. The highest BCUT2D eigenvalue weighted by Crippen LogP contribution is 2.14. The number of rotatable bonds is 3. The topological polar surface area (TPSA) is 57.0 Å². The lowest BCUT2D eigenvalue weighted by atomic mass is 10.1. The lowest BCUT2D eigenvalue weighted by molar-refractivity contribution is -0.162. The standard InChI is InChI=1S/C13H21NO4/c1-12(2,3)17-10(15)8-9(14-7)11(16)18-13(4,5)6/h9H,8H2,1-6H3/t9-/m1/s1. The fraction of sp³-hybridized carbons (Fsp3) is 0.769. The Balaban J connectivity index is 4.50. The predicted molar refractivity (Wildman–Crippen MR) is 66.7 cm³/mol. The number of ether oxygens (including phenoxy) is 2. The van der Waals surface area contributed by atoms with Gasteiger partial charge in [0.2, 0.25) is 0 Å². The molecule has 5 nitrogen and oxygen atoms in total. The van der Waals surface area contributed by atoms with Gasteiger partial charge in [0.1, 0.15) is 17.6 Å². The second-order valence-corrected chi connectivity index (χ2v) is 5.97. The smallest absolute Gasteiger partial charge is 0.391 e. The normalized spacial score (nSPS) is 13.4. The summed E-state index contributed by atoms with van der Waals surface area (Å²) in [6, 6.07) is -1.14. The summed E-state index contributed by atoms with van der Waals surface area (Å²) in [5.74, 6) is -1.27. The Bertz CT molecular complexity index is 355. The molecule has 0 fully saturated rings. The van der Waals surface area contributed by atoms with Crippen molar-refractivity contribution in [2.24, 2.45) is 0 Å². The average Bonchev–Trinajstić information content (AvgIpc) is 2.07. The first-order valence-corrected chi connectivity index (χ1v) is 5.76. The minimum atomic E-state index is -1.14. The first-order valence-electron chi connectivity index (χ1n) is 5.76. The number of hydrogen-bond donors (Lipinski definition) is 0. The maximum Gasteiger partial charge on any atom is 0.391 e. The van der Waals surface area contributed by atoms with E-state index in [1.54, 1.807) is 41.5 Å². The van der Waals surface area contributed by atoms with Crippen LogP contribution in [0.5, 0.6) is 0 Å². The van der Waals surface area contributed by atoms with Crippen molar-refractivity contribution >= 4 is 11.9 Å². The minimum absolute atomic E-state index is 0.282. The summed E-state index contributed by atoms with van der Waals surface area (Å²) in [6.07, 6.45) is -0.282. The Hall–Kier alpha value is -1.57. The van der Waals surface area contributed by atoms with Gasteiger partial charge in [-0.1, -0.05) is 0 Å². The molecule has 0 amide bonds. The quantitative estimate of drug-likeness (QED) is 0.573. The molecule has 0 aliphatic rings. The van der Waals surface area contributed by atoms with Gasteiger partial charge in [-0.25, -0.2) is 11.4 Å². The van der Waals surface area contributed by atoms with E-state index in [1.165, 1.54) is 0 Å². The number of carbonyl (C=O) groups excluding carboxylic acids is 2. The summed E-state index contributed by atoms with van der Waals surface area (Å²) in [6.45, 7) is 17.2. The molecular weight excluding hydrogens is 234 g/mol. The molecule has 1 atom stereocenters. The maximum absolute atomic E-state index is 11.6. The number of nitrogens with zero attached hydrogens (tertiary/aromatic N) is 1. The molecule has 0 aliphatic carbocycles. The van der Waals surface area contributed by atoms with Crippen LogP contribution in [0.2, 0.25) is 0 Å². The highest BCUT2D eigenvalue weighted by molar-refractivity contribution is 5.84. The average molecular weight is 255 g/mol. The molecule has 0 saturated carbocycles. The number of esters is 2. The van der Waals surface area contributed by atoms with Crippen LogP contribution in [0.15, 0.2) is 0 Å². The second-order valence-electron chi connectivity index (χ2n) is 5.97. The molecule has 102 valence electrons. The summed E-state index contributed by atoms with van der Waals surface area (Å²) < 4.78 is 10.1. The van der Waals surface area contributed by atoms with Crippen LogP contribution < -0.4 is 0 Å². The van der Waals surface area contributed by atoms with Crippen LogP contribution in [0.4, 0.5) is 0 Å². The van der Waals surface area contributed by atoms with E-state index in [1.807, 2.05) is 0 Å². The summed E-state index contributed by atoms with van der Waals surface area (Å²) in [7, 11) is 0. The van der Waals surface area contributed by atoms with E-state index in [0.29, 0.717) is 0 Å². The Morgan fingerprint density at radius 2 is 1.50 bits per heavy atom. The van der Waals surface area contributed by atoms with Crippen LogP contribution in [0, 0.1) is 6.57 Å². The molecule has 0 saturated heterocycles. The Labute approximate surface area is 108 Å². The highest BCUT2D eigenvalue weighted by atomic mass is 16.6. The number of hydrogen-bond acceptors (Lipinski definition) is 4. The van der Waals surface area contributed by atoms with Crippen LogP contribution in [-0.2, 0) is 19.1 Å². The molecular formula is C13H21NO4. The Kier molecular flexibility index (Phi) is 5.34. The first kappa shape index (κ1) is 16.4. The van der Waals surface area contributed by atoms with Crippen molar-refractivity contribution in [3.05, 3.63) is 11.4 Å². The van der Waals surface area contributed by atoms with Crippen molar-refractivity contribution < 1.29 is 19.1 Å². The monoisotopic (exact) mass is 255 g/mol. The fourth-order valence-corrected chi connectivity index (χ4v) is 1.09. The van der Waals surface area contributed by atoms with Crippen molar-refractivity contribution in [3.8, 4) is 0 Å². The van der Waals surface area contributed by atoms with E-state index >= 15 is 0 Å². The van der Waals surface area contributed by atoms with Crippen LogP contribution in [0.3, 0.4) is 0 Å². The van der Waals surface area contributed by atoms with Crippen molar-refractivity contribution in [1.82, 2.24) is 0 Å². The molecule has 0 aliphatic heterocycles. The van der Waals surface area contributed by atoms with Gasteiger partial charge in [0.15, 0.2) is 0 Å². The zero-order chi connectivity index (χ0) is 14.6. The lowest BCUT2D eigenvalue weighted by Gasteiger charge is -2.21. The Morgan fingerprint density at radius 1 is 1.06 bits per heavy atom. The van der Waals surface area contributed by atoms with Crippen LogP contribution in [-0.4, -0.2) is 29.2 Å². The Morgan fingerprint density at radius 3 is 1.83 bits per heavy atom. The van der Waals surface area contributed by atoms with E-state index < -0.39 is 29.2 Å². The molecule has 0 aromatic carbocycles. The molecule has 0 radical (unpaired) electrons. The van der Waals surface area contributed by atoms with E-state index in [0.717, 1.165) is 0 Å². The fourth-order valence-electron chi connectivity index (χ4n) is 1.09. The summed E-state index contributed by atoms with van der Waals surface area (Å²) in [4.78, 5) is 26.3. The molecule has 18 heavy (non-hydrogen) atoms. The van der Waals surface area contributed by atoms with Crippen LogP contribution >= 0.6 is 0 Å². The van der Waals surface area contributed by atoms with Gasteiger partial charge in [0.25, 0.3) is 0 Å². The SMILES string of the molecule is [C-]#[N+][C@H](CC(=O)OC(C)(C)C)C(=O)OC(C)(C)C. The molecule has 0 rings (SSSR count). The molecule has 5 heteroatoms. The highest BCUT2D eigenvalue weighted by Gasteiger charge is 2.33. The molecule has 0 aromatic heterocycles. The van der Waals surface area contributed by atoms with E-state index in [-0.39, 0.29) is 6.42 Å². The maximum atomic E-state index is 11.6. The van der Waals surface area contributed by atoms with Gasteiger partial charge in [-0.05, 0) is 41.5 Å². The third-order valence-corrected chi connectivity index (χ3v) is 1.61. The van der Waals surface area contributed by atoms with Gasteiger partial charge in [-0.15, -0.1) is 0 Å². The van der Waals surface area contributed by atoms with Crippen molar-refractivity contribution in [2.75, 3.05) is 0 Å². The minimum Gasteiger partial charge on any atom is -0.460 e. The van der Waals surface area contributed by atoms with Crippen molar-refractivity contribution in [1.29, 1.82) is 0 Å². The molecule has 0 unspecified atom stereocenters. The van der Waals surface area contributed by atoms with Crippen molar-refractivity contribution in [2.45, 2.75) is 65.2 Å². The molecule has 0 bridgehead atoms. The van der Waals surface area contributed by atoms with Crippen molar-refractivity contribution in [3.63, 3.8) is 0 Å². The largest absolute Gasteiger partial charge is 0.460 e. The van der Waals surface area contributed by atoms with E-state index in [9.17, 15) is 9.59 Å². The van der Waals surface area contributed by atoms with Gasteiger partial charge in [0.05, 0.1) is 0 Å². The second kappa shape index (κ2) is 5.85. The first-order chi connectivity index (χ1) is 7.94. The van der Waals surface area contributed by atoms with Gasteiger partial charge in [-0.3, -0.25) is 4.79 Å². The van der Waals surface area contributed by atoms with Crippen LogP contribution in [0.25, 0.3) is 4.85 Å². The van der Waals surface area contributed by atoms with Gasteiger partial charge in [0, 0.05) is 0 Å². The zero-order valence-electron chi connectivity index (χ0n) is 11.9. The lowest BCUT2D eigenvalue weighted by Crippen LogP contribution is -2.33. The summed E-state index contributed by atoms with van der Waals surface area (Å²) in [5.41, 5.74) is -1.30. The summed E-state index contributed by atoms with van der Waals surface area (Å²) in [5, 5.41) is 0. The van der Waals surface area contributed by atoms with Gasteiger partial charge < -0.3 is 14.3 Å². The third-order valence-electron chi connectivity index (χ3n) is 1.61. The molecule has 0 heterocycles. The summed E-state index contributed by atoms with van der Waals surface area (Å²) >= 11 is 0. The zero-order valence-corrected chi connectivity index (χ0v) is 11.9.